The molecule has 0 saturated carbocycles. The molecule has 0 aromatic heterocycles. The van der Waals surface area contributed by atoms with Crippen LogP contribution in [0.5, 0.6) is 11.5 Å². The molecule has 28 heavy (non-hydrogen) atoms. The lowest BCUT2D eigenvalue weighted by Crippen LogP contribution is -2.39. The van der Waals surface area contributed by atoms with Crippen LogP contribution in [-0.4, -0.2) is 70.5 Å². The maximum atomic E-state index is 5.57. The number of anilines is 1. The van der Waals surface area contributed by atoms with Crippen LogP contribution in [0.2, 0.25) is 0 Å². The third-order valence-corrected chi connectivity index (χ3v) is 4.31. The number of morpholine rings is 1. The first-order valence-electron chi connectivity index (χ1n) is 9.82. The number of nitrogens with zero attached hydrogens (tertiary/aromatic N) is 2. The average molecular weight is 506 g/mol. The molecule has 0 aliphatic carbocycles. The van der Waals surface area contributed by atoms with Gasteiger partial charge in [0.15, 0.2) is 17.5 Å². The van der Waals surface area contributed by atoms with Gasteiger partial charge in [-0.05, 0) is 31.9 Å². The maximum absolute atomic E-state index is 5.57. The number of hydrogen-bond acceptors (Lipinski definition) is 5. The zero-order valence-corrected chi connectivity index (χ0v) is 19.8. The maximum Gasteiger partial charge on any atom is 0.195 e. The van der Waals surface area contributed by atoms with Crippen molar-refractivity contribution >= 4 is 35.6 Å². The highest BCUT2D eigenvalue weighted by molar-refractivity contribution is 14.0. The summed E-state index contributed by atoms with van der Waals surface area (Å²) >= 11 is 0. The quantitative estimate of drug-likeness (QED) is 0.305. The second-order valence-electron chi connectivity index (χ2n) is 6.66. The first-order valence-corrected chi connectivity index (χ1v) is 9.82. The predicted octanol–water partition coefficient (Wildman–Crippen LogP) is 3.06. The van der Waals surface area contributed by atoms with Gasteiger partial charge in [0.2, 0.25) is 0 Å². The summed E-state index contributed by atoms with van der Waals surface area (Å²) in [5, 5.41) is 6.65. The summed E-state index contributed by atoms with van der Waals surface area (Å²) in [7, 11) is 1.65. The number of methoxy groups -OCH3 is 1. The Hall–Kier alpha value is -1.26. The molecule has 1 aromatic rings. The first kappa shape index (κ1) is 24.8. The highest BCUT2D eigenvalue weighted by Gasteiger charge is 2.14. The van der Waals surface area contributed by atoms with Gasteiger partial charge in [0, 0.05) is 44.5 Å². The van der Waals surface area contributed by atoms with Crippen LogP contribution < -0.4 is 20.1 Å². The van der Waals surface area contributed by atoms with Gasteiger partial charge < -0.3 is 24.8 Å². The van der Waals surface area contributed by atoms with Crippen molar-refractivity contribution in [3.63, 3.8) is 0 Å². The van der Waals surface area contributed by atoms with E-state index in [1.54, 1.807) is 7.11 Å². The minimum absolute atomic E-state index is 0. The van der Waals surface area contributed by atoms with Crippen LogP contribution in [-0.2, 0) is 4.74 Å². The molecule has 2 N–H and O–H groups in total. The van der Waals surface area contributed by atoms with E-state index in [2.05, 4.69) is 29.4 Å². The second kappa shape index (κ2) is 13.8. The molecule has 1 unspecified atom stereocenters. The van der Waals surface area contributed by atoms with Crippen LogP contribution in [0.1, 0.15) is 20.8 Å². The van der Waals surface area contributed by atoms with Gasteiger partial charge in [0.25, 0.3) is 0 Å². The molecule has 7 nitrogen and oxygen atoms in total. The lowest BCUT2D eigenvalue weighted by atomic mass is 10.1. The van der Waals surface area contributed by atoms with Crippen molar-refractivity contribution in [1.29, 1.82) is 0 Å². The molecule has 0 bridgehead atoms. The number of rotatable bonds is 9. The summed E-state index contributed by atoms with van der Waals surface area (Å²) in [4.78, 5) is 7.20. The SMILES string of the molecule is CCNC(=NCC(C)CN1CCOCC1)Nc1ccc(OCC)c(OC)c1.I. The van der Waals surface area contributed by atoms with E-state index in [4.69, 9.17) is 19.2 Å². The summed E-state index contributed by atoms with van der Waals surface area (Å²) in [6.45, 7) is 13.2. The Morgan fingerprint density at radius 2 is 2.00 bits per heavy atom. The number of guanidine groups is 1. The van der Waals surface area contributed by atoms with Gasteiger partial charge in [-0.2, -0.15) is 0 Å². The van der Waals surface area contributed by atoms with Crippen LogP contribution >= 0.6 is 24.0 Å². The Labute approximate surface area is 186 Å². The summed E-state index contributed by atoms with van der Waals surface area (Å²) in [6.07, 6.45) is 0. The van der Waals surface area contributed by atoms with E-state index >= 15 is 0 Å². The fourth-order valence-corrected chi connectivity index (χ4v) is 2.99. The van der Waals surface area contributed by atoms with Crippen molar-refractivity contribution in [1.82, 2.24) is 10.2 Å². The Balaban J connectivity index is 0.00000392. The van der Waals surface area contributed by atoms with E-state index < -0.39 is 0 Å². The van der Waals surface area contributed by atoms with E-state index in [1.807, 2.05) is 25.1 Å². The highest BCUT2D eigenvalue weighted by Crippen LogP contribution is 2.30. The molecule has 0 radical (unpaired) electrons. The van der Waals surface area contributed by atoms with Crippen LogP contribution in [0.3, 0.4) is 0 Å². The zero-order valence-electron chi connectivity index (χ0n) is 17.5. The molecule has 0 spiro atoms. The standard InChI is InChI=1S/C20H34N4O3.HI/c1-5-21-20(22-14-16(3)15-24-9-11-26-12-10-24)23-17-7-8-18(27-6-2)19(13-17)25-4;/h7-8,13,16H,5-6,9-12,14-15H2,1-4H3,(H2,21,22,23);1H. The van der Waals surface area contributed by atoms with Gasteiger partial charge in [-0.1, -0.05) is 6.92 Å². The number of benzene rings is 1. The number of hydrogen-bond donors (Lipinski definition) is 2. The summed E-state index contributed by atoms with van der Waals surface area (Å²) < 4.78 is 16.4. The summed E-state index contributed by atoms with van der Waals surface area (Å²) in [5.41, 5.74) is 0.913. The number of aliphatic imine (C=N–C) groups is 1. The van der Waals surface area contributed by atoms with Crippen LogP contribution in [0.25, 0.3) is 0 Å². The summed E-state index contributed by atoms with van der Waals surface area (Å²) in [5.74, 6) is 2.70. The zero-order chi connectivity index (χ0) is 19.5. The average Bonchev–Trinajstić information content (AvgIpc) is 2.68. The third kappa shape index (κ3) is 8.40. The molecule has 1 aliphatic rings. The van der Waals surface area contributed by atoms with Gasteiger partial charge in [-0.25, -0.2) is 0 Å². The van der Waals surface area contributed by atoms with Gasteiger partial charge in [0.1, 0.15) is 0 Å². The molecule has 1 aliphatic heterocycles. The molecule has 8 heteroatoms. The normalized spacial score (nSPS) is 16.1. The summed E-state index contributed by atoms with van der Waals surface area (Å²) in [6, 6.07) is 5.81. The van der Waals surface area contributed by atoms with E-state index in [-0.39, 0.29) is 24.0 Å². The third-order valence-electron chi connectivity index (χ3n) is 4.31. The largest absolute Gasteiger partial charge is 0.493 e. The Morgan fingerprint density at radius 1 is 1.25 bits per heavy atom. The Bertz CT molecular complexity index is 595. The van der Waals surface area contributed by atoms with E-state index in [9.17, 15) is 0 Å². The lowest BCUT2D eigenvalue weighted by Gasteiger charge is -2.28. The molecular formula is C20H35IN4O3. The van der Waals surface area contributed by atoms with E-state index in [1.165, 1.54) is 0 Å². The Morgan fingerprint density at radius 3 is 2.64 bits per heavy atom. The monoisotopic (exact) mass is 506 g/mol. The van der Waals surface area contributed by atoms with Crippen molar-refractivity contribution in [3.05, 3.63) is 18.2 Å². The van der Waals surface area contributed by atoms with Gasteiger partial charge in [-0.15, -0.1) is 24.0 Å². The van der Waals surface area contributed by atoms with Crippen molar-refractivity contribution in [2.24, 2.45) is 10.9 Å². The van der Waals surface area contributed by atoms with Crippen molar-refractivity contribution in [3.8, 4) is 11.5 Å². The predicted molar refractivity (Wildman–Crippen MR) is 126 cm³/mol. The minimum atomic E-state index is 0. The molecule has 1 heterocycles. The van der Waals surface area contributed by atoms with Crippen molar-refractivity contribution in [2.75, 3.05) is 65.0 Å². The molecular weight excluding hydrogens is 471 g/mol. The molecule has 0 amide bonds. The van der Waals surface area contributed by atoms with Crippen molar-refractivity contribution in [2.45, 2.75) is 20.8 Å². The van der Waals surface area contributed by atoms with E-state index in [0.29, 0.717) is 18.3 Å². The van der Waals surface area contributed by atoms with Crippen LogP contribution in [0.15, 0.2) is 23.2 Å². The first-order chi connectivity index (χ1) is 13.2. The lowest BCUT2D eigenvalue weighted by molar-refractivity contribution is 0.0323. The van der Waals surface area contributed by atoms with Crippen molar-refractivity contribution < 1.29 is 14.2 Å². The highest BCUT2D eigenvalue weighted by atomic mass is 127. The Kier molecular flexibility index (Phi) is 12.2. The van der Waals surface area contributed by atoms with Crippen LogP contribution in [0, 0.1) is 5.92 Å². The van der Waals surface area contributed by atoms with Crippen LogP contribution in [0.4, 0.5) is 5.69 Å². The number of halogens is 1. The smallest absolute Gasteiger partial charge is 0.195 e. The minimum Gasteiger partial charge on any atom is -0.493 e. The fraction of sp³-hybridized carbons (Fsp3) is 0.650. The molecule has 1 saturated heterocycles. The molecule has 2 rings (SSSR count). The molecule has 1 fully saturated rings. The molecule has 1 aromatic carbocycles. The van der Waals surface area contributed by atoms with Gasteiger partial charge in [0.05, 0.1) is 26.9 Å². The van der Waals surface area contributed by atoms with E-state index in [0.717, 1.165) is 63.3 Å². The number of nitrogens with one attached hydrogen (secondary N) is 2. The van der Waals surface area contributed by atoms with Gasteiger partial charge in [-0.3, -0.25) is 9.89 Å². The number of ether oxygens (including phenoxy) is 3. The molecule has 160 valence electrons. The fourth-order valence-electron chi connectivity index (χ4n) is 2.99. The van der Waals surface area contributed by atoms with Gasteiger partial charge >= 0.3 is 0 Å². The topological polar surface area (TPSA) is 67.4 Å². The second-order valence-corrected chi connectivity index (χ2v) is 6.66. The molecule has 1 atom stereocenters.